The van der Waals surface area contributed by atoms with Gasteiger partial charge in [0.05, 0.1) is 6.10 Å². The molecule has 1 aromatic rings. The molecule has 1 aromatic carbocycles. The average molecular weight is 346 g/mol. The molecule has 138 valence electrons. The van der Waals surface area contributed by atoms with Crippen molar-refractivity contribution in [3.8, 4) is 5.75 Å². The molecule has 1 heterocycles. The van der Waals surface area contributed by atoms with E-state index in [-0.39, 0.29) is 6.10 Å². The minimum atomic E-state index is -0.797. The minimum absolute atomic E-state index is 0.0230. The van der Waals surface area contributed by atoms with Crippen LogP contribution in [0, 0.1) is 0 Å². The summed E-state index contributed by atoms with van der Waals surface area (Å²) in [5.41, 5.74) is 0.762. The quantitative estimate of drug-likeness (QED) is 0.857. The topological polar surface area (TPSA) is 53.0 Å². The molecule has 3 rings (SSSR count). The second kappa shape index (κ2) is 8.19. The molecular formula is C20H30N2O3. The first-order chi connectivity index (χ1) is 12.1. The summed E-state index contributed by atoms with van der Waals surface area (Å²) in [5.74, 6) is -0.114. The molecule has 1 N–H and O–H groups in total. The van der Waals surface area contributed by atoms with Crippen molar-refractivity contribution in [1.82, 2.24) is 9.80 Å². The van der Waals surface area contributed by atoms with Gasteiger partial charge in [-0.1, -0.05) is 31.0 Å². The number of carbonyl (C=O) groups is 1. The standard InChI is InChI=1S/C20H30N2O3/c1-15(2)25-18-10-6-5-9-17(18)19(20(23)24)22-13-11-21(12-14-22)16-7-3-4-8-16/h5-6,9-10,15-16,19H,3-4,7-8,11-14H2,1-2H3,(H,23,24). The van der Waals surface area contributed by atoms with Gasteiger partial charge in [-0.2, -0.15) is 0 Å². The van der Waals surface area contributed by atoms with Gasteiger partial charge in [-0.25, -0.2) is 0 Å². The number of para-hydroxylation sites is 1. The Morgan fingerprint density at radius 1 is 1.12 bits per heavy atom. The Balaban J connectivity index is 1.73. The molecule has 2 aliphatic rings. The van der Waals surface area contributed by atoms with Crippen LogP contribution in [0.1, 0.15) is 51.1 Å². The van der Waals surface area contributed by atoms with Gasteiger partial charge < -0.3 is 9.84 Å². The van der Waals surface area contributed by atoms with E-state index < -0.39 is 12.0 Å². The van der Waals surface area contributed by atoms with Crippen LogP contribution in [0.15, 0.2) is 24.3 Å². The molecule has 1 aliphatic carbocycles. The van der Waals surface area contributed by atoms with Gasteiger partial charge in [0.25, 0.3) is 0 Å². The average Bonchev–Trinajstić information content (AvgIpc) is 3.11. The predicted octanol–water partition coefficient (Wildman–Crippen LogP) is 3.16. The van der Waals surface area contributed by atoms with Gasteiger partial charge in [-0.3, -0.25) is 14.6 Å². The number of benzene rings is 1. The molecule has 0 spiro atoms. The monoisotopic (exact) mass is 346 g/mol. The van der Waals surface area contributed by atoms with Crippen LogP contribution in [0.3, 0.4) is 0 Å². The summed E-state index contributed by atoms with van der Waals surface area (Å²) >= 11 is 0. The van der Waals surface area contributed by atoms with Gasteiger partial charge in [-0.05, 0) is 32.8 Å². The molecule has 2 fully saturated rings. The maximum Gasteiger partial charge on any atom is 0.325 e. The normalized spacial score (nSPS) is 21.6. The largest absolute Gasteiger partial charge is 0.491 e. The van der Waals surface area contributed by atoms with Crippen LogP contribution in [0.5, 0.6) is 5.75 Å². The van der Waals surface area contributed by atoms with Crippen LogP contribution >= 0.6 is 0 Å². The zero-order valence-corrected chi connectivity index (χ0v) is 15.4. The molecule has 0 aromatic heterocycles. The van der Waals surface area contributed by atoms with Crippen LogP contribution < -0.4 is 4.74 Å². The van der Waals surface area contributed by atoms with Gasteiger partial charge in [0.15, 0.2) is 0 Å². The maximum absolute atomic E-state index is 12.1. The number of ether oxygens (including phenoxy) is 1. The molecule has 25 heavy (non-hydrogen) atoms. The molecule has 1 saturated heterocycles. The molecule has 5 heteroatoms. The first-order valence-electron chi connectivity index (χ1n) is 9.52. The molecular weight excluding hydrogens is 316 g/mol. The fourth-order valence-corrected chi connectivity index (χ4v) is 4.18. The SMILES string of the molecule is CC(C)Oc1ccccc1C(C(=O)O)N1CCN(C2CCCC2)CC1. The lowest BCUT2D eigenvalue weighted by Crippen LogP contribution is -2.51. The van der Waals surface area contributed by atoms with Crippen molar-refractivity contribution >= 4 is 5.97 Å². The lowest BCUT2D eigenvalue weighted by atomic mass is 10.0. The van der Waals surface area contributed by atoms with E-state index in [9.17, 15) is 9.90 Å². The van der Waals surface area contributed by atoms with Crippen LogP contribution in [0.2, 0.25) is 0 Å². The smallest absolute Gasteiger partial charge is 0.325 e. The van der Waals surface area contributed by atoms with Gasteiger partial charge >= 0.3 is 5.97 Å². The molecule has 1 aliphatic heterocycles. The van der Waals surface area contributed by atoms with E-state index in [0.717, 1.165) is 31.7 Å². The van der Waals surface area contributed by atoms with E-state index in [4.69, 9.17) is 4.74 Å². The third kappa shape index (κ3) is 4.33. The number of hydrogen-bond acceptors (Lipinski definition) is 4. The summed E-state index contributed by atoms with van der Waals surface area (Å²) in [6.07, 6.45) is 5.29. The molecule has 0 amide bonds. The van der Waals surface area contributed by atoms with Gasteiger partial charge in [-0.15, -0.1) is 0 Å². The van der Waals surface area contributed by atoms with Crippen LogP contribution in [-0.4, -0.2) is 59.2 Å². The molecule has 1 unspecified atom stereocenters. The van der Waals surface area contributed by atoms with E-state index in [1.165, 1.54) is 25.7 Å². The summed E-state index contributed by atoms with van der Waals surface area (Å²) in [5, 5.41) is 9.90. The highest BCUT2D eigenvalue weighted by molar-refractivity contribution is 5.76. The van der Waals surface area contributed by atoms with E-state index in [1.807, 2.05) is 38.1 Å². The van der Waals surface area contributed by atoms with Crippen molar-refractivity contribution < 1.29 is 14.6 Å². The van der Waals surface area contributed by atoms with E-state index in [2.05, 4.69) is 9.80 Å². The lowest BCUT2D eigenvalue weighted by Gasteiger charge is -2.40. The Morgan fingerprint density at radius 2 is 1.76 bits per heavy atom. The van der Waals surface area contributed by atoms with Crippen molar-refractivity contribution in [3.05, 3.63) is 29.8 Å². The third-order valence-corrected chi connectivity index (χ3v) is 5.37. The van der Waals surface area contributed by atoms with Gasteiger partial charge in [0.1, 0.15) is 11.8 Å². The van der Waals surface area contributed by atoms with E-state index >= 15 is 0 Å². The first kappa shape index (κ1) is 18.2. The Hall–Kier alpha value is -1.59. The Kier molecular flexibility index (Phi) is 5.97. The highest BCUT2D eigenvalue weighted by Gasteiger charge is 2.34. The summed E-state index contributed by atoms with van der Waals surface area (Å²) in [6, 6.07) is 7.63. The Labute approximate surface area is 150 Å². The predicted molar refractivity (Wildman–Crippen MR) is 98.0 cm³/mol. The molecule has 1 atom stereocenters. The highest BCUT2D eigenvalue weighted by atomic mass is 16.5. The van der Waals surface area contributed by atoms with Crippen molar-refractivity contribution in [2.45, 2.75) is 57.7 Å². The van der Waals surface area contributed by atoms with Crippen LogP contribution in [-0.2, 0) is 4.79 Å². The number of rotatable bonds is 6. The summed E-state index contributed by atoms with van der Waals surface area (Å²) < 4.78 is 5.87. The lowest BCUT2D eigenvalue weighted by molar-refractivity contribution is -0.144. The highest BCUT2D eigenvalue weighted by Crippen LogP contribution is 2.32. The summed E-state index contributed by atoms with van der Waals surface area (Å²) in [7, 11) is 0. The number of carboxylic acids is 1. The number of aliphatic carboxylic acids is 1. The van der Waals surface area contributed by atoms with Crippen LogP contribution in [0.25, 0.3) is 0 Å². The van der Waals surface area contributed by atoms with E-state index in [0.29, 0.717) is 11.8 Å². The molecule has 0 bridgehead atoms. The van der Waals surface area contributed by atoms with Crippen molar-refractivity contribution in [1.29, 1.82) is 0 Å². The van der Waals surface area contributed by atoms with Crippen molar-refractivity contribution in [3.63, 3.8) is 0 Å². The van der Waals surface area contributed by atoms with E-state index in [1.54, 1.807) is 0 Å². The second-order valence-corrected chi connectivity index (χ2v) is 7.46. The van der Waals surface area contributed by atoms with Gasteiger partial charge in [0.2, 0.25) is 0 Å². The zero-order valence-electron chi connectivity index (χ0n) is 15.4. The number of nitrogens with zero attached hydrogens (tertiary/aromatic N) is 2. The maximum atomic E-state index is 12.1. The zero-order chi connectivity index (χ0) is 17.8. The number of hydrogen-bond donors (Lipinski definition) is 1. The fraction of sp³-hybridized carbons (Fsp3) is 0.650. The fourth-order valence-electron chi connectivity index (χ4n) is 4.18. The van der Waals surface area contributed by atoms with Crippen molar-refractivity contribution in [2.75, 3.05) is 26.2 Å². The first-order valence-corrected chi connectivity index (χ1v) is 9.52. The Bertz CT molecular complexity index is 576. The minimum Gasteiger partial charge on any atom is -0.491 e. The molecule has 5 nitrogen and oxygen atoms in total. The van der Waals surface area contributed by atoms with Crippen LogP contribution in [0.4, 0.5) is 0 Å². The van der Waals surface area contributed by atoms with Gasteiger partial charge in [0, 0.05) is 37.8 Å². The summed E-state index contributed by atoms with van der Waals surface area (Å²) in [4.78, 5) is 16.7. The van der Waals surface area contributed by atoms with Crippen molar-refractivity contribution in [2.24, 2.45) is 0 Å². The molecule has 1 saturated carbocycles. The second-order valence-electron chi connectivity index (χ2n) is 7.46. The number of piperazine rings is 1. The Morgan fingerprint density at radius 3 is 2.36 bits per heavy atom. The summed E-state index contributed by atoms with van der Waals surface area (Å²) in [6.45, 7) is 7.44. The third-order valence-electron chi connectivity index (χ3n) is 5.37. The molecule has 0 radical (unpaired) electrons. The number of carboxylic acid groups (broad SMARTS) is 1.